The first kappa shape index (κ1) is 13.2. The second kappa shape index (κ2) is 6.04. The van der Waals surface area contributed by atoms with E-state index in [1.807, 2.05) is 17.9 Å². The summed E-state index contributed by atoms with van der Waals surface area (Å²) in [6.07, 6.45) is 5.19. The maximum absolute atomic E-state index is 12.2. The molecule has 0 radical (unpaired) electrons. The molecule has 0 spiro atoms. The summed E-state index contributed by atoms with van der Waals surface area (Å²) in [4.78, 5) is 14.2. The molecule has 1 saturated heterocycles. The van der Waals surface area contributed by atoms with Gasteiger partial charge in [-0.1, -0.05) is 19.9 Å². The summed E-state index contributed by atoms with van der Waals surface area (Å²) in [7, 11) is 0. The van der Waals surface area contributed by atoms with Gasteiger partial charge in [0.2, 0.25) is 5.91 Å². The van der Waals surface area contributed by atoms with E-state index in [0.717, 1.165) is 25.0 Å². The van der Waals surface area contributed by atoms with Crippen LogP contribution >= 0.6 is 0 Å². The molecule has 1 heterocycles. The summed E-state index contributed by atoms with van der Waals surface area (Å²) in [5, 5.41) is 0. The van der Waals surface area contributed by atoms with E-state index < -0.39 is 0 Å². The molecule has 0 saturated carbocycles. The molecule has 2 atom stereocenters. The number of nitrogens with two attached hydrogens (primary N) is 1. The third kappa shape index (κ3) is 2.85. The summed E-state index contributed by atoms with van der Waals surface area (Å²) in [6.45, 7) is 7.58. The van der Waals surface area contributed by atoms with Crippen LogP contribution in [0.25, 0.3) is 0 Å². The van der Waals surface area contributed by atoms with Crippen LogP contribution in [0.2, 0.25) is 0 Å². The second-order valence-corrected chi connectivity index (χ2v) is 4.72. The molecule has 1 amide bonds. The Bertz CT molecular complexity index is 273. The molecule has 2 N–H and O–H groups in total. The average molecular weight is 224 g/mol. The van der Waals surface area contributed by atoms with Gasteiger partial charge < -0.3 is 10.6 Å². The average Bonchev–Trinajstić information content (AvgIpc) is 2.28. The first-order valence-corrected chi connectivity index (χ1v) is 6.29. The number of nitrogens with zero attached hydrogens (tertiary/aromatic N) is 1. The highest BCUT2D eigenvalue weighted by molar-refractivity contribution is 5.93. The summed E-state index contributed by atoms with van der Waals surface area (Å²) in [6, 6.07) is 0.224. The zero-order chi connectivity index (χ0) is 12.1. The van der Waals surface area contributed by atoms with E-state index in [9.17, 15) is 4.79 Å². The molecular weight excluding hydrogens is 200 g/mol. The van der Waals surface area contributed by atoms with Crippen molar-refractivity contribution in [2.75, 3.05) is 13.1 Å². The fourth-order valence-electron chi connectivity index (χ4n) is 2.48. The zero-order valence-corrected chi connectivity index (χ0v) is 10.7. The van der Waals surface area contributed by atoms with Crippen LogP contribution in [-0.4, -0.2) is 29.9 Å². The number of likely N-dealkylation sites (tertiary alicyclic amines) is 1. The lowest BCUT2D eigenvalue weighted by molar-refractivity contribution is -0.131. The van der Waals surface area contributed by atoms with Crippen LogP contribution in [0.3, 0.4) is 0 Å². The highest BCUT2D eigenvalue weighted by Crippen LogP contribution is 2.24. The van der Waals surface area contributed by atoms with E-state index in [4.69, 9.17) is 5.73 Å². The van der Waals surface area contributed by atoms with E-state index in [-0.39, 0.29) is 11.9 Å². The Labute approximate surface area is 98.7 Å². The van der Waals surface area contributed by atoms with Crippen LogP contribution in [-0.2, 0) is 4.79 Å². The van der Waals surface area contributed by atoms with Crippen molar-refractivity contribution in [1.82, 2.24) is 4.90 Å². The quantitative estimate of drug-likeness (QED) is 0.745. The Morgan fingerprint density at radius 3 is 2.81 bits per heavy atom. The van der Waals surface area contributed by atoms with Gasteiger partial charge in [0, 0.05) is 24.7 Å². The number of hydrogen-bond acceptors (Lipinski definition) is 2. The van der Waals surface area contributed by atoms with Gasteiger partial charge in [0.1, 0.15) is 0 Å². The minimum absolute atomic E-state index is 0.170. The van der Waals surface area contributed by atoms with E-state index >= 15 is 0 Å². The third-order valence-electron chi connectivity index (χ3n) is 3.47. The lowest BCUT2D eigenvalue weighted by Gasteiger charge is -2.39. The van der Waals surface area contributed by atoms with Gasteiger partial charge in [-0.05, 0) is 32.1 Å². The topological polar surface area (TPSA) is 46.3 Å². The predicted octanol–water partition coefficient (Wildman–Crippen LogP) is 1.93. The van der Waals surface area contributed by atoms with Crippen molar-refractivity contribution in [2.45, 2.75) is 46.1 Å². The van der Waals surface area contributed by atoms with Gasteiger partial charge in [-0.15, -0.1) is 0 Å². The van der Waals surface area contributed by atoms with Crippen LogP contribution in [0, 0.1) is 5.92 Å². The maximum atomic E-state index is 12.2. The first-order valence-electron chi connectivity index (χ1n) is 6.29. The molecule has 16 heavy (non-hydrogen) atoms. The van der Waals surface area contributed by atoms with Crippen molar-refractivity contribution in [1.29, 1.82) is 0 Å². The smallest absolute Gasteiger partial charge is 0.249 e. The van der Waals surface area contributed by atoms with Crippen LogP contribution in [0.5, 0.6) is 0 Å². The first-order chi connectivity index (χ1) is 7.61. The van der Waals surface area contributed by atoms with Crippen molar-refractivity contribution in [2.24, 2.45) is 11.7 Å². The summed E-state index contributed by atoms with van der Waals surface area (Å²) in [5.74, 6) is 0.695. The molecule has 3 nitrogen and oxygen atoms in total. The molecule has 0 aliphatic carbocycles. The van der Waals surface area contributed by atoms with Gasteiger partial charge in [0.05, 0.1) is 0 Å². The minimum Gasteiger partial charge on any atom is -0.334 e. The van der Waals surface area contributed by atoms with Gasteiger partial charge in [-0.3, -0.25) is 4.79 Å². The number of amides is 1. The van der Waals surface area contributed by atoms with E-state index in [0.29, 0.717) is 12.5 Å². The molecule has 1 aliphatic heterocycles. The molecule has 1 aliphatic rings. The van der Waals surface area contributed by atoms with Crippen LogP contribution in [0.1, 0.15) is 40.0 Å². The van der Waals surface area contributed by atoms with Gasteiger partial charge in [0.15, 0.2) is 0 Å². The second-order valence-electron chi connectivity index (χ2n) is 4.72. The molecule has 1 rings (SSSR count). The zero-order valence-electron chi connectivity index (χ0n) is 10.7. The highest BCUT2D eigenvalue weighted by Gasteiger charge is 2.30. The SMILES string of the molecule is CCC=C(C)C(=O)N1CCCC(C)C1CN. The largest absolute Gasteiger partial charge is 0.334 e. The Hall–Kier alpha value is -0.830. The van der Waals surface area contributed by atoms with Crippen molar-refractivity contribution >= 4 is 5.91 Å². The minimum atomic E-state index is 0.170. The fraction of sp³-hybridized carbons (Fsp3) is 0.769. The van der Waals surface area contributed by atoms with Crippen LogP contribution < -0.4 is 5.73 Å². The molecule has 1 fully saturated rings. The molecule has 2 unspecified atom stereocenters. The van der Waals surface area contributed by atoms with Crippen molar-refractivity contribution in [3.05, 3.63) is 11.6 Å². The molecule has 0 aromatic carbocycles. The highest BCUT2D eigenvalue weighted by atomic mass is 16.2. The van der Waals surface area contributed by atoms with Gasteiger partial charge in [0.25, 0.3) is 0 Å². The van der Waals surface area contributed by atoms with E-state index in [1.54, 1.807) is 0 Å². The number of allylic oxidation sites excluding steroid dienone is 1. The maximum Gasteiger partial charge on any atom is 0.249 e. The number of hydrogen-bond donors (Lipinski definition) is 1. The Kier molecular flexibility index (Phi) is 5.00. The summed E-state index contributed by atoms with van der Waals surface area (Å²) in [5.41, 5.74) is 6.64. The predicted molar refractivity (Wildman–Crippen MR) is 67.0 cm³/mol. The van der Waals surface area contributed by atoms with Crippen LogP contribution in [0.4, 0.5) is 0 Å². The molecule has 0 aromatic heterocycles. The van der Waals surface area contributed by atoms with E-state index in [2.05, 4.69) is 13.8 Å². The number of piperidine rings is 1. The van der Waals surface area contributed by atoms with Gasteiger partial charge >= 0.3 is 0 Å². The normalized spacial score (nSPS) is 27.0. The number of rotatable bonds is 3. The fourth-order valence-corrected chi connectivity index (χ4v) is 2.48. The standard InChI is InChI=1S/C13H24N2O/c1-4-6-11(3)13(16)15-8-5-7-10(2)12(15)9-14/h6,10,12H,4-5,7-9,14H2,1-3H3. The van der Waals surface area contributed by atoms with Crippen molar-refractivity contribution in [3.63, 3.8) is 0 Å². The molecule has 0 bridgehead atoms. The Morgan fingerprint density at radius 1 is 1.56 bits per heavy atom. The van der Waals surface area contributed by atoms with Gasteiger partial charge in [-0.2, -0.15) is 0 Å². The summed E-state index contributed by atoms with van der Waals surface area (Å²) >= 11 is 0. The van der Waals surface area contributed by atoms with Crippen molar-refractivity contribution < 1.29 is 4.79 Å². The van der Waals surface area contributed by atoms with E-state index in [1.165, 1.54) is 6.42 Å². The number of carbonyl (C=O) groups excluding carboxylic acids is 1. The molecule has 3 heteroatoms. The number of carbonyl (C=O) groups is 1. The molecule has 92 valence electrons. The van der Waals surface area contributed by atoms with Crippen LogP contribution in [0.15, 0.2) is 11.6 Å². The van der Waals surface area contributed by atoms with Gasteiger partial charge in [-0.25, -0.2) is 0 Å². The lowest BCUT2D eigenvalue weighted by atomic mass is 9.90. The molecular formula is C13H24N2O. The third-order valence-corrected chi connectivity index (χ3v) is 3.47. The van der Waals surface area contributed by atoms with Crippen molar-refractivity contribution in [3.8, 4) is 0 Å². The monoisotopic (exact) mass is 224 g/mol. The Morgan fingerprint density at radius 2 is 2.25 bits per heavy atom. The summed E-state index contributed by atoms with van der Waals surface area (Å²) < 4.78 is 0. The lowest BCUT2D eigenvalue weighted by Crippen LogP contribution is -2.51. The Balaban J connectivity index is 2.76. The molecule has 0 aromatic rings.